The molecular formula is C19H27N3O4. The van der Waals surface area contributed by atoms with Crippen molar-refractivity contribution < 1.29 is 19.1 Å². The van der Waals surface area contributed by atoms with Crippen LogP contribution in [0.4, 0.5) is 4.79 Å². The van der Waals surface area contributed by atoms with Crippen LogP contribution in [0.3, 0.4) is 0 Å². The van der Waals surface area contributed by atoms with Gasteiger partial charge in [-0.05, 0) is 43.4 Å². The van der Waals surface area contributed by atoms with Crippen molar-refractivity contribution in [3.8, 4) is 5.75 Å². The van der Waals surface area contributed by atoms with Crippen LogP contribution in [0, 0.1) is 5.92 Å². The maximum atomic E-state index is 12.6. The van der Waals surface area contributed by atoms with Gasteiger partial charge in [0.05, 0.1) is 7.11 Å². The lowest BCUT2D eigenvalue weighted by Gasteiger charge is -2.22. The van der Waals surface area contributed by atoms with Gasteiger partial charge in [0.2, 0.25) is 5.91 Å². The van der Waals surface area contributed by atoms with E-state index in [1.165, 1.54) is 0 Å². The summed E-state index contributed by atoms with van der Waals surface area (Å²) in [5, 5.41) is 5.45. The lowest BCUT2D eigenvalue weighted by atomic mass is 9.92. The Labute approximate surface area is 154 Å². The van der Waals surface area contributed by atoms with Crippen molar-refractivity contribution in [1.29, 1.82) is 0 Å². The summed E-state index contributed by atoms with van der Waals surface area (Å²) in [4.78, 5) is 37.9. The second-order valence-electron chi connectivity index (χ2n) is 7.21. The number of methoxy groups -OCH3 is 1. The van der Waals surface area contributed by atoms with Crippen molar-refractivity contribution in [2.24, 2.45) is 5.92 Å². The number of carbonyl (C=O) groups is 3. The number of hydrogen-bond donors (Lipinski definition) is 2. The molecule has 1 aromatic carbocycles. The number of imide groups is 1. The molecule has 0 radical (unpaired) electrons. The highest BCUT2D eigenvalue weighted by molar-refractivity contribution is 6.08. The molecule has 2 N–H and O–H groups in total. The Bertz CT molecular complexity index is 689. The molecule has 142 valence electrons. The zero-order valence-electron chi connectivity index (χ0n) is 15.8. The van der Waals surface area contributed by atoms with E-state index in [0.717, 1.165) is 16.9 Å². The third-order valence-electron chi connectivity index (χ3n) is 4.49. The van der Waals surface area contributed by atoms with E-state index in [-0.39, 0.29) is 18.4 Å². The van der Waals surface area contributed by atoms with Crippen molar-refractivity contribution in [3.05, 3.63) is 29.8 Å². The first-order chi connectivity index (χ1) is 12.2. The number of hydrogen-bond acceptors (Lipinski definition) is 4. The number of nitrogens with zero attached hydrogens (tertiary/aromatic N) is 1. The van der Waals surface area contributed by atoms with Crippen LogP contribution in [0.25, 0.3) is 0 Å². The molecule has 7 nitrogen and oxygen atoms in total. The van der Waals surface area contributed by atoms with Gasteiger partial charge in [0.25, 0.3) is 5.91 Å². The van der Waals surface area contributed by atoms with Crippen LogP contribution < -0.4 is 15.4 Å². The summed E-state index contributed by atoms with van der Waals surface area (Å²) < 4.78 is 5.14. The van der Waals surface area contributed by atoms with E-state index in [9.17, 15) is 14.4 Å². The minimum atomic E-state index is -0.936. The second kappa shape index (κ2) is 8.21. The summed E-state index contributed by atoms with van der Waals surface area (Å²) in [6.45, 7) is 5.85. The second-order valence-corrected chi connectivity index (χ2v) is 7.21. The lowest BCUT2D eigenvalue weighted by Crippen LogP contribution is -2.45. The fourth-order valence-corrected chi connectivity index (χ4v) is 2.82. The van der Waals surface area contributed by atoms with E-state index in [4.69, 9.17) is 4.74 Å². The van der Waals surface area contributed by atoms with Crippen LogP contribution in [0.5, 0.6) is 5.75 Å². The summed E-state index contributed by atoms with van der Waals surface area (Å²) in [5.41, 5.74) is -0.0642. The highest BCUT2D eigenvalue weighted by Crippen LogP contribution is 2.24. The predicted molar refractivity (Wildman–Crippen MR) is 97.6 cm³/mol. The Hall–Kier alpha value is -2.57. The largest absolute Gasteiger partial charge is 0.497 e. The fourth-order valence-electron chi connectivity index (χ4n) is 2.82. The van der Waals surface area contributed by atoms with Crippen LogP contribution in [0.1, 0.15) is 39.2 Å². The smallest absolute Gasteiger partial charge is 0.325 e. The number of amides is 4. The third-order valence-corrected chi connectivity index (χ3v) is 4.49. The molecule has 1 aliphatic heterocycles. The monoisotopic (exact) mass is 361 g/mol. The molecule has 0 aliphatic carbocycles. The van der Waals surface area contributed by atoms with Gasteiger partial charge >= 0.3 is 6.03 Å². The predicted octanol–water partition coefficient (Wildman–Crippen LogP) is 2.06. The topological polar surface area (TPSA) is 87.7 Å². The Morgan fingerprint density at radius 1 is 1.35 bits per heavy atom. The Morgan fingerprint density at radius 2 is 2.08 bits per heavy atom. The summed E-state index contributed by atoms with van der Waals surface area (Å²) in [7, 11) is 1.57. The quantitative estimate of drug-likeness (QED) is 0.694. The number of rotatable bonds is 8. The molecule has 0 aromatic heterocycles. The SMILES string of the molecule is COc1cccc(CNC(=O)CN2C(=O)NC(C)(CCC(C)C)C2=O)c1. The summed E-state index contributed by atoms with van der Waals surface area (Å²) in [5.74, 6) is 0.396. The normalized spacial score (nSPS) is 19.7. The Morgan fingerprint density at radius 3 is 2.73 bits per heavy atom. The highest BCUT2D eigenvalue weighted by atomic mass is 16.5. The van der Waals surface area contributed by atoms with E-state index in [1.807, 2.05) is 24.3 Å². The first-order valence-electron chi connectivity index (χ1n) is 8.79. The Balaban J connectivity index is 1.91. The van der Waals surface area contributed by atoms with Gasteiger partial charge < -0.3 is 15.4 Å². The van der Waals surface area contributed by atoms with Crippen LogP contribution in [0.15, 0.2) is 24.3 Å². The average Bonchev–Trinajstić information content (AvgIpc) is 2.82. The van der Waals surface area contributed by atoms with Gasteiger partial charge in [-0.1, -0.05) is 26.0 Å². The molecule has 26 heavy (non-hydrogen) atoms. The third kappa shape index (κ3) is 4.74. The van der Waals surface area contributed by atoms with Gasteiger partial charge in [-0.25, -0.2) is 4.79 Å². The van der Waals surface area contributed by atoms with Crippen molar-refractivity contribution in [2.45, 2.75) is 45.7 Å². The minimum Gasteiger partial charge on any atom is -0.497 e. The molecular weight excluding hydrogens is 334 g/mol. The molecule has 7 heteroatoms. The molecule has 1 aromatic rings. The van der Waals surface area contributed by atoms with E-state index < -0.39 is 11.6 Å². The number of carbonyl (C=O) groups excluding carboxylic acids is 3. The number of benzene rings is 1. The van der Waals surface area contributed by atoms with Crippen LogP contribution in [0.2, 0.25) is 0 Å². The molecule has 1 aliphatic rings. The van der Waals surface area contributed by atoms with Crippen molar-refractivity contribution >= 4 is 17.8 Å². The number of nitrogens with one attached hydrogen (secondary N) is 2. The number of ether oxygens (including phenoxy) is 1. The molecule has 0 saturated carbocycles. The Kier molecular flexibility index (Phi) is 6.23. The molecule has 0 bridgehead atoms. The summed E-state index contributed by atoms with van der Waals surface area (Å²) in [6, 6.07) is 6.81. The van der Waals surface area contributed by atoms with Gasteiger partial charge in [-0.15, -0.1) is 0 Å². The lowest BCUT2D eigenvalue weighted by molar-refractivity contribution is -0.134. The summed E-state index contributed by atoms with van der Waals surface area (Å²) in [6.07, 6.45) is 1.37. The van der Waals surface area contributed by atoms with Crippen molar-refractivity contribution in [2.75, 3.05) is 13.7 Å². The fraction of sp³-hybridized carbons (Fsp3) is 0.526. The molecule has 0 spiro atoms. The van der Waals surface area contributed by atoms with Gasteiger partial charge in [0.1, 0.15) is 17.8 Å². The first kappa shape index (κ1) is 19.8. The van der Waals surface area contributed by atoms with E-state index >= 15 is 0 Å². The molecule has 1 unspecified atom stereocenters. The van der Waals surface area contributed by atoms with Crippen LogP contribution in [-0.4, -0.2) is 41.9 Å². The molecule has 1 heterocycles. The van der Waals surface area contributed by atoms with E-state index in [2.05, 4.69) is 24.5 Å². The van der Waals surface area contributed by atoms with Crippen molar-refractivity contribution in [1.82, 2.24) is 15.5 Å². The molecule has 1 saturated heterocycles. The highest BCUT2D eigenvalue weighted by Gasteiger charge is 2.47. The van der Waals surface area contributed by atoms with Crippen LogP contribution in [-0.2, 0) is 16.1 Å². The zero-order valence-corrected chi connectivity index (χ0v) is 15.8. The average molecular weight is 361 g/mol. The van der Waals surface area contributed by atoms with Crippen molar-refractivity contribution in [3.63, 3.8) is 0 Å². The maximum absolute atomic E-state index is 12.6. The maximum Gasteiger partial charge on any atom is 0.325 e. The zero-order chi connectivity index (χ0) is 19.3. The van der Waals surface area contributed by atoms with E-state index in [0.29, 0.717) is 24.6 Å². The first-order valence-corrected chi connectivity index (χ1v) is 8.79. The minimum absolute atomic E-state index is 0.286. The van der Waals surface area contributed by atoms with Crippen LogP contribution >= 0.6 is 0 Å². The molecule has 4 amide bonds. The summed E-state index contributed by atoms with van der Waals surface area (Å²) >= 11 is 0. The van der Waals surface area contributed by atoms with Gasteiger partial charge in [0.15, 0.2) is 0 Å². The molecule has 1 atom stereocenters. The standard InChI is InChI=1S/C19H27N3O4/c1-13(2)8-9-19(3)17(24)22(18(25)21-19)12-16(23)20-11-14-6-5-7-15(10-14)26-4/h5-7,10,13H,8-9,11-12H2,1-4H3,(H,20,23)(H,21,25). The molecule has 2 rings (SSSR count). The van der Waals surface area contributed by atoms with E-state index in [1.54, 1.807) is 14.0 Å². The van der Waals surface area contributed by atoms with Gasteiger partial charge in [0, 0.05) is 6.54 Å². The number of urea groups is 1. The molecule has 1 fully saturated rings. The van der Waals surface area contributed by atoms with Gasteiger partial charge in [-0.2, -0.15) is 0 Å². The van der Waals surface area contributed by atoms with Gasteiger partial charge in [-0.3, -0.25) is 14.5 Å².